The standard InChI is InChI=1S/C13H26N4O2/c1-16-6-8-17(9-7-16)5-4-15-12(18)13(14)2-10-19-11-3-13/h2-11,14H2,1H3,(H,15,18). The fourth-order valence-corrected chi connectivity index (χ4v) is 2.54. The van der Waals surface area contributed by atoms with Crippen LogP contribution >= 0.6 is 0 Å². The van der Waals surface area contributed by atoms with Crippen LogP contribution < -0.4 is 11.1 Å². The van der Waals surface area contributed by atoms with Gasteiger partial charge in [0, 0.05) is 52.5 Å². The highest BCUT2D eigenvalue weighted by atomic mass is 16.5. The summed E-state index contributed by atoms with van der Waals surface area (Å²) in [6.45, 7) is 7.12. The number of likely N-dealkylation sites (N-methyl/N-ethyl adjacent to an activating group) is 1. The maximum Gasteiger partial charge on any atom is 0.240 e. The molecule has 0 aromatic carbocycles. The van der Waals surface area contributed by atoms with Crippen LogP contribution in [0.5, 0.6) is 0 Å². The van der Waals surface area contributed by atoms with Crippen molar-refractivity contribution in [1.82, 2.24) is 15.1 Å². The fraction of sp³-hybridized carbons (Fsp3) is 0.923. The zero-order chi connectivity index (χ0) is 13.7. The quantitative estimate of drug-likeness (QED) is 0.675. The van der Waals surface area contributed by atoms with Crippen molar-refractivity contribution in [2.24, 2.45) is 5.73 Å². The van der Waals surface area contributed by atoms with Crippen LogP contribution in [0.15, 0.2) is 0 Å². The van der Waals surface area contributed by atoms with E-state index in [1.54, 1.807) is 0 Å². The molecular weight excluding hydrogens is 244 g/mol. The van der Waals surface area contributed by atoms with Crippen molar-refractivity contribution >= 4 is 5.91 Å². The predicted octanol–water partition coefficient (Wildman–Crippen LogP) is -1.14. The normalized spacial score (nSPS) is 25.2. The number of nitrogens with two attached hydrogens (primary N) is 1. The van der Waals surface area contributed by atoms with Crippen LogP contribution in [0.3, 0.4) is 0 Å². The number of nitrogens with zero attached hydrogens (tertiary/aromatic N) is 2. The van der Waals surface area contributed by atoms with Gasteiger partial charge in [-0.15, -0.1) is 0 Å². The largest absolute Gasteiger partial charge is 0.381 e. The summed E-state index contributed by atoms with van der Waals surface area (Å²) in [5, 5.41) is 2.98. The van der Waals surface area contributed by atoms with Crippen molar-refractivity contribution in [2.45, 2.75) is 18.4 Å². The molecule has 2 aliphatic rings. The SMILES string of the molecule is CN1CCN(CCNC(=O)C2(N)CCOCC2)CC1. The molecule has 0 aliphatic carbocycles. The van der Waals surface area contributed by atoms with Gasteiger partial charge in [0.15, 0.2) is 0 Å². The van der Waals surface area contributed by atoms with Crippen molar-refractivity contribution in [1.29, 1.82) is 0 Å². The molecule has 3 N–H and O–H groups in total. The van der Waals surface area contributed by atoms with Crippen LogP contribution in [-0.4, -0.2) is 80.8 Å². The first kappa shape index (κ1) is 14.7. The number of piperazine rings is 1. The van der Waals surface area contributed by atoms with E-state index in [1.165, 1.54) is 0 Å². The number of carbonyl (C=O) groups is 1. The number of hydrogen-bond acceptors (Lipinski definition) is 5. The number of amides is 1. The zero-order valence-electron chi connectivity index (χ0n) is 11.9. The third kappa shape index (κ3) is 4.14. The van der Waals surface area contributed by atoms with Gasteiger partial charge in [0.2, 0.25) is 5.91 Å². The summed E-state index contributed by atoms with van der Waals surface area (Å²) >= 11 is 0. The molecule has 0 unspecified atom stereocenters. The van der Waals surface area contributed by atoms with Gasteiger partial charge in [-0.25, -0.2) is 0 Å². The summed E-state index contributed by atoms with van der Waals surface area (Å²) in [7, 11) is 2.14. The number of hydrogen-bond donors (Lipinski definition) is 2. The Hall–Kier alpha value is -0.690. The molecule has 2 aliphatic heterocycles. The van der Waals surface area contributed by atoms with Gasteiger partial charge in [0.1, 0.15) is 0 Å². The highest BCUT2D eigenvalue weighted by molar-refractivity contribution is 5.86. The molecule has 0 bridgehead atoms. The fourth-order valence-electron chi connectivity index (χ4n) is 2.54. The Kier molecular flexibility index (Phi) is 5.15. The van der Waals surface area contributed by atoms with E-state index < -0.39 is 5.54 Å². The van der Waals surface area contributed by atoms with Crippen molar-refractivity contribution in [3.63, 3.8) is 0 Å². The van der Waals surface area contributed by atoms with Crippen molar-refractivity contribution in [3.05, 3.63) is 0 Å². The molecule has 19 heavy (non-hydrogen) atoms. The summed E-state index contributed by atoms with van der Waals surface area (Å²) < 4.78 is 5.25. The second-order valence-corrected chi connectivity index (χ2v) is 5.67. The molecule has 2 saturated heterocycles. The molecule has 2 rings (SSSR count). The van der Waals surface area contributed by atoms with E-state index >= 15 is 0 Å². The minimum Gasteiger partial charge on any atom is -0.381 e. The van der Waals surface area contributed by atoms with Gasteiger partial charge in [-0.05, 0) is 19.9 Å². The third-order valence-electron chi connectivity index (χ3n) is 4.15. The molecular formula is C13H26N4O2. The first-order chi connectivity index (χ1) is 9.10. The molecule has 1 amide bonds. The van der Waals surface area contributed by atoms with Crippen LogP contribution in [-0.2, 0) is 9.53 Å². The second kappa shape index (κ2) is 6.65. The molecule has 2 fully saturated rings. The van der Waals surface area contributed by atoms with Gasteiger partial charge >= 0.3 is 0 Å². The Morgan fingerprint density at radius 3 is 2.53 bits per heavy atom. The van der Waals surface area contributed by atoms with Crippen LogP contribution in [0.4, 0.5) is 0 Å². The lowest BCUT2D eigenvalue weighted by molar-refractivity contribution is -0.129. The topological polar surface area (TPSA) is 70.8 Å². The number of nitrogens with one attached hydrogen (secondary N) is 1. The molecule has 0 aromatic rings. The summed E-state index contributed by atoms with van der Waals surface area (Å²) in [5.41, 5.74) is 5.41. The van der Waals surface area contributed by atoms with E-state index in [-0.39, 0.29) is 5.91 Å². The lowest BCUT2D eigenvalue weighted by Crippen LogP contribution is -2.58. The van der Waals surface area contributed by atoms with E-state index in [9.17, 15) is 4.79 Å². The summed E-state index contributed by atoms with van der Waals surface area (Å²) in [5.74, 6) is -0.0232. The minimum atomic E-state index is -0.722. The van der Waals surface area contributed by atoms with E-state index in [0.29, 0.717) is 32.6 Å². The first-order valence-corrected chi connectivity index (χ1v) is 7.16. The molecule has 6 heteroatoms. The Balaban J connectivity index is 1.66. The highest BCUT2D eigenvalue weighted by Crippen LogP contribution is 2.17. The number of rotatable bonds is 4. The Bertz CT molecular complexity index is 297. The zero-order valence-corrected chi connectivity index (χ0v) is 11.9. The van der Waals surface area contributed by atoms with Gasteiger partial charge in [0.25, 0.3) is 0 Å². The molecule has 0 aromatic heterocycles. The van der Waals surface area contributed by atoms with E-state index in [0.717, 1.165) is 32.7 Å². The lowest BCUT2D eigenvalue weighted by atomic mass is 9.90. The molecule has 6 nitrogen and oxygen atoms in total. The van der Waals surface area contributed by atoms with Crippen LogP contribution in [0.2, 0.25) is 0 Å². The van der Waals surface area contributed by atoms with Crippen molar-refractivity contribution in [3.8, 4) is 0 Å². The second-order valence-electron chi connectivity index (χ2n) is 5.67. The van der Waals surface area contributed by atoms with Gasteiger partial charge < -0.3 is 20.7 Å². The lowest BCUT2D eigenvalue weighted by Gasteiger charge is -2.34. The smallest absolute Gasteiger partial charge is 0.240 e. The number of carbonyl (C=O) groups excluding carboxylic acids is 1. The van der Waals surface area contributed by atoms with E-state index in [1.807, 2.05) is 0 Å². The third-order valence-corrected chi connectivity index (χ3v) is 4.15. The maximum atomic E-state index is 12.1. The van der Waals surface area contributed by atoms with Crippen LogP contribution in [0.25, 0.3) is 0 Å². The van der Waals surface area contributed by atoms with Crippen LogP contribution in [0, 0.1) is 0 Å². The molecule has 0 saturated carbocycles. The van der Waals surface area contributed by atoms with Gasteiger partial charge in [0.05, 0.1) is 5.54 Å². The Morgan fingerprint density at radius 1 is 1.26 bits per heavy atom. The van der Waals surface area contributed by atoms with Crippen molar-refractivity contribution in [2.75, 3.05) is 59.5 Å². The molecule has 110 valence electrons. The molecule has 0 spiro atoms. The molecule has 0 radical (unpaired) electrons. The van der Waals surface area contributed by atoms with Gasteiger partial charge in [-0.2, -0.15) is 0 Å². The summed E-state index contributed by atoms with van der Waals surface area (Å²) in [4.78, 5) is 16.8. The number of ether oxygens (including phenoxy) is 1. The first-order valence-electron chi connectivity index (χ1n) is 7.16. The monoisotopic (exact) mass is 270 g/mol. The average molecular weight is 270 g/mol. The van der Waals surface area contributed by atoms with E-state index in [4.69, 9.17) is 10.5 Å². The average Bonchev–Trinajstić information content (AvgIpc) is 2.42. The van der Waals surface area contributed by atoms with Gasteiger partial charge in [-0.1, -0.05) is 0 Å². The van der Waals surface area contributed by atoms with Crippen molar-refractivity contribution < 1.29 is 9.53 Å². The Morgan fingerprint density at radius 2 is 1.89 bits per heavy atom. The summed E-state index contributed by atoms with van der Waals surface area (Å²) in [6, 6.07) is 0. The van der Waals surface area contributed by atoms with Gasteiger partial charge in [-0.3, -0.25) is 9.69 Å². The minimum absolute atomic E-state index is 0.0232. The maximum absolute atomic E-state index is 12.1. The summed E-state index contributed by atoms with van der Waals surface area (Å²) in [6.07, 6.45) is 1.24. The highest BCUT2D eigenvalue weighted by Gasteiger charge is 2.35. The molecule has 0 atom stereocenters. The van der Waals surface area contributed by atoms with Crippen LogP contribution in [0.1, 0.15) is 12.8 Å². The van der Waals surface area contributed by atoms with E-state index in [2.05, 4.69) is 22.2 Å². The molecule has 2 heterocycles. The Labute approximate surface area is 115 Å². The predicted molar refractivity (Wildman–Crippen MR) is 73.9 cm³/mol.